The molecule has 3 rings (SSSR count). The second kappa shape index (κ2) is 6.12. The van der Waals surface area contributed by atoms with Gasteiger partial charge in [0, 0.05) is 16.5 Å². The van der Waals surface area contributed by atoms with Crippen LogP contribution in [0.15, 0.2) is 18.2 Å². The van der Waals surface area contributed by atoms with Crippen LogP contribution in [-0.4, -0.2) is 35.0 Å². The first-order valence-electron chi connectivity index (χ1n) is 7.48. The summed E-state index contributed by atoms with van der Waals surface area (Å²) in [6.45, 7) is 6.46. The van der Waals surface area contributed by atoms with Crippen LogP contribution < -0.4 is 5.32 Å². The first-order valence-corrected chi connectivity index (χ1v) is 8.30. The van der Waals surface area contributed by atoms with Crippen molar-refractivity contribution in [2.45, 2.75) is 32.6 Å². The highest BCUT2D eigenvalue weighted by Crippen LogP contribution is 2.28. The minimum atomic E-state index is 0.586. The molecule has 0 saturated carbocycles. The first kappa shape index (κ1) is 14.5. The second-order valence-electron chi connectivity index (χ2n) is 5.81. The summed E-state index contributed by atoms with van der Waals surface area (Å²) in [5, 5.41) is 4.27. The molecule has 0 aromatic carbocycles. The van der Waals surface area contributed by atoms with E-state index in [4.69, 9.17) is 4.98 Å². The average Bonchev–Trinajstić information content (AvgIpc) is 2.78. The second-order valence-corrected chi connectivity index (χ2v) is 7.01. The number of thiazole rings is 1. The summed E-state index contributed by atoms with van der Waals surface area (Å²) in [7, 11) is 2.19. The molecule has 2 aromatic rings. The minimum Gasteiger partial charge on any atom is -0.316 e. The standard InChI is InChI=1S/C16H22N4S/c1-11-12(2)21-16(17-11)19-15-6-4-5-14(18-15)13-7-9-20(3)10-8-13/h4-6,13H,7-10H2,1-3H3,(H,17,18,19). The van der Waals surface area contributed by atoms with Crippen molar-refractivity contribution in [1.82, 2.24) is 14.9 Å². The fourth-order valence-electron chi connectivity index (χ4n) is 2.69. The highest BCUT2D eigenvalue weighted by atomic mass is 32.1. The Labute approximate surface area is 130 Å². The summed E-state index contributed by atoms with van der Waals surface area (Å²) in [4.78, 5) is 13.0. The fourth-order valence-corrected chi connectivity index (χ4v) is 3.51. The Balaban J connectivity index is 1.73. The third-order valence-corrected chi connectivity index (χ3v) is 5.16. The Morgan fingerprint density at radius 2 is 1.95 bits per heavy atom. The lowest BCUT2D eigenvalue weighted by Gasteiger charge is -2.28. The van der Waals surface area contributed by atoms with Gasteiger partial charge >= 0.3 is 0 Å². The topological polar surface area (TPSA) is 41.1 Å². The molecule has 1 fully saturated rings. The summed E-state index contributed by atoms with van der Waals surface area (Å²) in [5.74, 6) is 1.49. The van der Waals surface area contributed by atoms with Crippen molar-refractivity contribution in [3.8, 4) is 0 Å². The number of aryl methyl sites for hydroxylation is 2. The lowest BCUT2D eigenvalue weighted by molar-refractivity contribution is 0.253. The molecular formula is C16H22N4S. The lowest BCUT2D eigenvalue weighted by atomic mass is 9.93. The van der Waals surface area contributed by atoms with Gasteiger partial charge in [-0.25, -0.2) is 9.97 Å². The number of aromatic nitrogens is 2. The zero-order valence-corrected chi connectivity index (χ0v) is 13.7. The van der Waals surface area contributed by atoms with Crippen LogP contribution in [0.25, 0.3) is 0 Å². The van der Waals surface area contributed by atoms with Gasteiger partial charge in [-0.3, -0.25) is 0 Å². The van der Waals surface area contributed by atoms with Crippen LogP contribution in [0.1, 0.15) is 35.0 Å². The van der Waals surface area contributed by atoms with Crippen molar-refractivity contribution < 1.29 is 0 Å². The molecule has 0 spiro atoms. The van der Waals surface area contributed by atoms with Gasteiger partial charge in [-0.15, -0.1) is 11.3 Å². The van der Waals surface area contributed by atoms with E-state index in [1.807, 2.05) is 13.0 Å². The summed E-state index contributed by atoms with van der Waals surface area (Å²) in [6, 6.07) is 6.26. The molecule has 1 N–H and O–H groups in total. The van der Waals surface area contributed by atoms with E-state index in [-0.39, 0.29) is 0 Å². The van der Waals surface area contributed by atoms with Gasteiger partial charge in [-0.05, 0) is 59.0 Å². The minimum absolute atomic E-state index is 0.586. The van der Waals surface area contributed by atoms with E-state index in [9.17, 15) is 0 Å². The van der Waals surface area contributed by atoms with Gasteiger partial charge in [0.15, 0.2) is 5.13 Å². The van der Waals surface area contributed by atoms with Crippen LogP contribution in [0.5, 0.6) is 0 Å². The number of piperidine rings is 1. The van der Waals surface area contributed by atoms with Crippen molar-refractivity contribution in [3.05, 3.63) is 34.5 Å². The molecule has 0 atom stereocenters. The molecule has 21 heavy (non-hydrogen) atoms. The van der Waals surface area contributed by atoms with E-state index in [1.165, 1.54) is 23.4 Å². The largest absolute Gasteiger partial charge is 0.316 e. The normalized spacial score (nSPS) is 17.1. The maximum Gasteiger partial charge on any atom is 0.188 e. The summed E-state index contributed by atoms with van der Waals surface area (Å²) < 4.78 is 0. The quantitative estimate of drug-likeness (QED) is 0.938. The maximum atomic E-state index is 4.79. The highest BCUT2D eigenvalue weighted by molar-refractivity contribution is 7.15. The number of likely N-dealkylation sites (tertiary alicyclic amines) is 1. The smallest absolute Gasteiger partial charge is 0.188 e. The van der Waals surface area contributed by atoms with Crippen LogP contribution in [0.4, 0.5) is 10.9 Å². The number of nitrogens with one attached hydrogen (secondary N) is 1. The number of rotatable bonds is 3. The molecule has 5 heteroatoms. The third kappa shape index (κ3) is 3.41. The molecular weight excluding hydrogens is 280 g/mol. The van der Waals surface area contributed by atoms with E-state index < -0.39 is 0 Å². The van der Waals surface area contributed by atoms with Crippen LogP contribution in [-0.2, 0) is 0 Å². The lowest BCUT2D eigenvalue weighted by Crippen LogP contribution is -2.29. The Morgan fingerprint density at radius 3 is 2.62 bits per heavy atom. The van der Waals surface area contributed by atoms with E-state index >= 15 is 0 Å². The molecule has 0 amide bonds. The monoisotopic (exact) mass is 302 g/mol. The third-order valence-electron chi connectivity index (χ3n) is 4.17. The molecule has 2 aromatic heterocycles. The van der Waals surface area contributed by atoms with E-state index in [0.717, 1.165) is 29.7 Å². The molecule has 0 aliphatic carbocycles. The highest BCUT2D eigenvalue weighted by Gasteiger charge is 2.19. The zero-order chi connectivity index (χ0) is 14.8. The van der Waals surface area contributed by atoms with Gasteiger partial charge in [-0.2, -0.15) is 0 Å². The number of hydrogen-bond acceptors (Lipinski definition) is 5. The van der Waals surface area contributed by atoms with Crippen LogP contribution >= 0.6 is 11.3 Å². The van der Waals surface area contributed by atoms with E-state index in [1.54, 1.807) is 11.3 Å². The molecule has 3 heterocycles. The molecule has 0 unspecified atom stereocenters. The molecule has 1 aliphatic heterocycles. The molecule has 4 nitrogen and oxygen atoms in total. The summed E-state index contributed by atoms with van der Waals surface area (Å²) >= 11 is 1.68. The molecule has 112 valence electrons. The maximum absolute atomic E-state index is 4.79. The average molecular weight is 302 g/mol. The van der Waals surface area contributed by atoms with Crippen molar-refractivity contribution in [1.29, 1.82) is 0 Å². The van der Waals surface area contributed by atoms with Crippen molar-refractivity contribution >= 4 is 22.3 Å². The fraction of sp³-hybridized carbons (Fsp3) is 0.500. The summed E-state index contributed by atoms with van der Waals surface area (Å²) in [6.07, 6.45) is 2.39. The van der Waals surface area contributed by atoms with Gasteiger partial charge in [0.05, 0.1) is 5.69 Å². The van der Waals surface area contributed by atoms with Gasteiger partial charge < -0.3 is 10.2 Å². The Hall–Kier alpha value is -1.46. The number of nitrogens with zero attached hydrogens (tertiary/aromatic N) is 3. The first-order chi connectivity index (χ1) is 10.1. The van der Waals surface area contributed by atoms with Gasteiger partial charge in [0.25, 0.3) is 0 Å². The number of anilines is 2. The molecule has 1 saturated heterocycles. The predicted molar refractivity (Wildman–Crippen MR) is 88.6 cm³/mol. The Bertz CT molecular complexity index is 595. The van der Waals surface area contributed by atoms with Crippen LogP contribution in [0, 0.1) is 13.8 Å². The number of pyridine rings is 1. The zero-order valence-electron chi connectivity index (χ0n) is 12.9. The van der Waals surface area contributed by atoms with Crippen molar-refractivity contribution in [2.75, 3.05) is 25.5 Å². The summed E-state index contributed by atoms with van der Waals surface area (Å²) in [5.41, 5.74) is 2.30. The Morgan fingerprint density at radius 1 is 1.19 bits per heavy atom. The van der Waals surface area contributed by atoms with Crippen LogP contribution in [0.3, 0.4) is 0 Å². The molecule has 0 radical (unpaired) electrons. The van der Waals surface area contributed by atoms with Gasteiger partial charge in [0.1, 0.15) is 5.82 Å². The molecule has 1 aliphatic rings. The van der Waals surface area contributed by atoms with Crippen LogP contribution in [0.2, 0.25) is 0 Å². The molecule has 0 bridgehead atoms. The van der Waals surface area contributed by atoms with Gasteiger partial charge in [0.2, 0.25) is 0 Å². The van der Waals surface area contributed by atoms with E-state index in [2.05, 4.69) is 41.3 Å². The SMILES string of the molecule is Cc1nc(Nc2cccc(C3CCN(C)CC3)n2)sc1C. The van der Waals surface area contributed by atoms with E-state index in [0.29, 0.717) is 5.92 Å². The van der Waals surface area contributed by atoms with Gasteiger partial charge in [-0.1, -0.05) is 6.07 Å². The predicted octanol–water partition coefficient (Wildman–Crippen LogP) is 3.71. The van der Waals surface area contributed by atoms with Crippen molar-refractivity contribution in [3.63, 3.8) is 0 Å². The van der Waals surface area contributed by atoms with Crippen molar-refractivity contribution in [2.24, 2.45) is 0 Å². The Kier molecular flexibility index (Phi) is 4.22. The number of hydrogen-bond donors (Lipinski definition) is 1.